The number of H-pyrrole nitrogens is 1. The van der Waals surface area contributed by atoms with Crippen LogP contribution in [-0.4, -0.2) is 18.6 Å². The minimum absolute atomic E-state index is 0.347. The van der Waals surface area contributed by atoms with Crippen LogP contribution in [0.25, 0.3) is 0 Å². The van der Waals surface area contributed by atoms with Crippen molar-refractivity contribution in [1.82, 2.24) is 10.2 Å². The standard InChI is InChI=1S/C15H21N3O2S/c1-8-7-9(2)11(4)14(10(8)3)21(19,20)18-15-12(5)13(6)16-17-15/h7H,1-6H3,(H2,16,17,18). The van der Waals surface area contributed by atoms with Gasteiger partial charge in [0.15, 0.2) is 5.82 Å². The first-order valence-corrected chi connectivity index (χ1v) is 8.25. The third-order valence-corrected chi connectivity index (χ3v) is 5.66. The van der Waals surface area contributed by atoms with Gasteiger partial charge in [0, 0.05) is 11.3 Å². The number of hydrogen-bond acceptors (Lipinski definition) is 3. The van der Waals surface area contributed by atoms with Gasteiger partial charge in [-0.15, -0.1) is 0 Å². The molecule has 1 aromatic carbocycles. The maximum Gasteiger partial charge on any atom is 0.263 e. The van der Waals surface area contributed by atoms with Gasteiger partial charge < -0.3 is 0 Å². The molecule has 0 bridgehead atoms. The van der Waals surface area contributed by atoms with Crippen molar-refractivity contribution in [2.45, 2.75) is 46.4 Å². The van der Waals surface area contributed by atoms with Crippen molar-refractivity contribution in [3.63, 3.8) is 0 Å². The maximum absolute atomic E-state index is 12.7. The first kappa shape index (κ1) is 15.6. The average Bonchev–Trinajstić information content (AvgIpc) is 2.68. The Labute approximate surface area is 125 Å². The Morgan fingerprint density at radius 1 is 0.952 bits per heavy atom. The van der Waals surface area contributed by atoms with Crippen molar-refractivity contribution in [3.05, 3.63) is 39.6 Å². The third-order valence-electron chi connectivity index (χ3n) is 4.05. The number of aromatic amines is 1. The van der Waals surface area contributed by atoms with E-state index in [1.807, 2.05) is 47.6 Å². The smallest absolute Gasteiger partial charge is 0.263 e. The zero-order chi connectivity index (χ0) is 15.9. The second kappa shape index (κ2) is 5.18. The molecule has 2 N–H and O–H groups in total. The van der Waals surface area contributed by atoms with E-state index < -0.39 is 10.0 Å². The summed E-state index contributed by atoms with van der Waals surface area (Å²) in [6.45, 7) is 11.2. The molecule has 0 radical (unpaired) electrons. The molecule has 0 saturated carbocycles. The second-order valence-corrected chi connectivity index (χ2v) is 7.14. The van der Waals surface area contributed by atoms with Crippen LogP contribution in [0.1, 0.15) is 33.5 Å². The first-order chi connectivity index (χ1) is 9.65. The summed E-state index contributed by atoms with van der Waals surface area (Å²) in [6.07, 6.45) is 0. The minimum atomic E-state index is -3.66. The lowest BCUT2D eigenvalue weighted by atomic mass is 10.0. The van der Waals surface area contributed by atoms with Crippen molar-refractivity contribution in [3.8, 4) is 0 Å². The number of aromatic nitrogens is 2. The molecule has 1 aromatic heterocycles. The van der Waals surface area contributed by atoms with Gasteiger partial charge in [0.05, 0.1) is 4.90 Å². The molecule has 21 heavy (non-hydrogen) atoms. The van der Waals surface area contributed by atoms with Crippen molar-refractivity contribution in [2.24, 2.45) is 0 Å². The summed E-state index contributed by atoms with van der Waals surface area (Å²) in [7, 11) is -3.66. The van der Waals surface area contributed by atoms with E-state index in [1.165, 1.54) is 0 Å². The number of nitrogens with zero attached hydrogens (tertiary/aromatic N) is 1. The number of anilines is 1. The number of hydrogen-bond donors (Lipinski definition) is 2. The summed E-state index contributed by atoms with van der Waals surface area (Å²) in [5, 5.41) is 6.80. The van der Waals surface area contributed by atoms with Crippen LogP contribution < -0.4 is 4.72 Å². The molecule has 0 saturated heterocycles. The Morgan fingerprint density at radius 2 is 1.48 bits per heavy atom. The highest BCUT2D eigenvalue weighted by molar-refractivity contribution is 7.92. The van der Waals surface area contributed by atoms with Crippen LogP contribution >= 0.6 is 0 Å². The molecule has 1 heterocycles. The van der Waals surface area contributed by atoms with Gasteiger partial charge in [-0.3, -0.25) is 9.82 Å². The van der Waals surface area contributed by atoms with Gasteiger partial charge in [-0.25, -0.2) is 8.42 Å². The van der Waals surface area contributed by atoms with E-state index >= 15 is 0 Å². The Morgan fingerprint density at radius 3 is 1.90 bits per heavy atom. The highest BCUT2D eigenvalue weighted by Crippen LogP contribution is 2.28. The average molecular weight is 307 g/mol. The van der Waals surface area contributed by atoms with E-state index in [9.17, 15) is 8.42 Å². The minimum Gasteiger partial charge on any atom is -0.280 e. The maximum atomic E-state index is 12.7. The highest BCUT2D eigenvalue weighted by Gasteiger charge is 2.23. The summed E-state index contributed by atoms with van der Waals surface area (Å²) < 4.78 is 28.1. The molecule has 0 unspecified atom stereocenters. The van der Waals surface area contributed by atoms with Gasteiger partial charge in [0.25, 0.3) is 10.0 Å². The number of rotatable bonds is 3. The molecule has 0 atom stereocenters. The molecule has 114 valence electrons. The van der Waals surface area contributed by atoms with E-state index in [4.69, 9.17) is 0 Å². The van der Waals surface area contributed by atoms with Crippen LogP contribution in [0.5, 0.6) is 0 Å². The lowest BCUT2D eigenvalue weighted by Crippen LogP contribution is -2.17. The van der Waals surface area contributed by atoms with E-state index in [2.05, 4.69) is 14.9 Å². The lowest BCUT2D eigenvalue weighted by Gasteiger charge is -2.16. The van der Waals surface area contributed by atoms with Gasteiger partial charge in [-0.05, 0) is 63.8 Å². The SMILES string of the molecule is Cc1cc(C)c(C)c(S(=O)(=O)Nc2n[nH]c(C)c2C)c1C. The van der Waals surface area contributed by atoms with E-state index in [1.54, 1.807) is 0 Å². The summed E-state index contributed by atoms with van der Waals surface area (Å²) in [4.78, 5) is 0.347. The number of benzene rings is 1. The molecule has 0 aliphatic carbocycles. The zero-order valence-corrected chi connectivity index (χ0v) is 14.1. The van der Waals surface area contributed by atoms with Crippen LogP contribution in [0.15, 0.2) is 11.0 Å². The normalized spacial score (nSPS) is 11.7. The fraction of sp³-hybridized carbons (Fsp3) is 0.400. The fourth-order valence-electron chi connectivity index (χ4n) is 2.35. The lowest BCUT2D eigenvalue weighted by molar-refractivity contribution is 0.599. The summed E-state index contributed by atoms with van der Waals surface area (Å²) in [6, 6.07) is 2.01. The van der Waals surface area contributed by atoms with Gasteiger partial charge in [0.1, 0.15) is 0 Å². The summed E-state index contributed by atoms with van der Waals surface area (Å²) in [5.74, 6) is 0.352. The first-order valence-electron chi connectivity index (χ1n) is 6.77. The Balaban J connectivity index is 2.58. The molecule has 0 amide bonds. The Kier molecular flexibility index (Phi) is 3.84. The predicted octanol–water partition coefficient (Wildman–Crippen LogP) is 3.06. The van der Waals surface area contributed by atoms with E-state index in [-0.39, 0.29) is 0 Å². The van der Waals surface area contributed by atoms with E-state index in [0.29, 0.717) is 10.7 Å². The molecule has 0 spiro atoms. The van der Waals surface area contributed by atoms with Crippen LogP contribution in [0.3, 0.4) is 0 Å². The quantitative estimate of drug-likeness (QED) is 0.915. The van der Waals surface area contributed by atoms with Gasteiger partial charge in [0.2, 0.25) is 0 Å². The Hall–Kier alpha value is -1.82. The molecule has 0 aliphatic rings. The fourth-order valence-corrected chi connectivity index (χ4v) is 4.03. The summed E-state index contributed by atoms with van der Waals surface area (Å²) >= 11 is 0. The van der Waals surface area contributed by atoms with Crippen molar-refractivity contribution in [1.29, 1.82) is 0 Å². The number of aryl methyl sites for hydroxylation is 3. The number of nitrogens with one attached hydrogen (secondary N) is 2. The Bertz CT molecular complexity index is 779. The molecule has 2 aromatic rings. The van der Waals surface area contributed by atoms with Crippen molar-refractivity contribution >= 4 is 15.8 Å². The van der Waals surface area contributed by atoms with Crippen LogP contribution in [-0.2, 0) is 10.0 Å². The largest absolute Gasteiger partial charge is 0.280 e. The monoisotopic (exact) mass is 307 g/mol. The molecule has 0 fully saturated rings. The highest BCUT2D eigenvalue weighted by atomic mass is 32.2. The molecule has 0 aliphatic heterocycles. The van der Waals surface area contributed by atoms with Crippen molar-refractivity contribution in [2.75, 3.05) is 4.72 Å². The van der Waals surface area contributed by atoms with Crippen LogP contribution in [0.4, 0.5) is 5.82 Å². The molecule has 6 heteroatoms. The molecule has 5 nitrogen and oxygen atoms in total. The van der Waals surface area contributed by atoms with E-state index in [0.717, 1.165) is 33.5 Å². The second-order valence-electron chi connectivity index (χ2n) is 5.52. The molecule has 2 rings (SSSR count). The predicted molar refractivity (Wildman–Crippen MR) is 84.3 cm³/mol. The van der Waals surface area contributed by atoms with Gasteiger partial charge in [-0.1, -0.05) is 6.07 Å². The van der Waals surface area contributed by atoms with Gasteiger partial charge in [-0.2, -0.15) is 5.10 Å². The zero-order valence-electron chi connectivity index (χ0n) is 13.2. The number of sulfonamides is 1. The van der Waals surface area contributed by atoms with Gasteiger partial charge >= 0.3 is 0 Å². The molecular formula is C15H21N3O2S. The molecular weight excluding hydrogens is 286 g/mol. The third kappa shape index (κ3) is 2.68. The summed E-state index contributed by atoms with van der Waals surface area (Å²) in [5.41, 5.74) is 5.13. The van der Waals surface area contributed by atoms with Crippen LogP contribution in [0, 0.1) is 41.5 Å². The topological polar surface area (TPSA) is 74.8 Å². The van der Waals surface area contributed by atoms with Crippen LogP contribution in [0.2, 0.25) is 0 Å². The van der Waals surface area contributed by atoms with Crippen molar-refractivity contribution < 1.29 is 8.42 Å².